The first-order chi connectivity index (χ1) is 13.9. The van der Waals surface area contributed by atoms with Crippen molar-refractivity contribution in [2.75, 3.05) is 25.0 Å². The Bertz CT molecular complexity index is 917. The molecule has 1 aliphatic rings. The van der Waals surface area contributed by atoms with Crippen molar-refractivity contribution >= 4 is 39.3 Å². The Morgan fingerprint density at radius 2 is 1.79 bits per heavy atom. The summed E-state index contributed by atoms with van der Waals surface area (Å²) in [4.78, 5) is 40.3. The van der Waals surface area contributed by atoms with Crippen LogP contribution in [0.2, 0.25) is 0 Å². The van der Waals surface area contributed by atoms with Crippen LogP contribution < -0.4 is 10.2 Å². The summed E-state index contributed by atoms with van der Waals surface area (Å²) >= 11 is 3.32. The van der Waals surface area contributed by atoms with Crippen LogP contribution in [0.5, 0.6) is 0 Å². The molecular formula is C22H24BrN3O3. The Kier molecular flexibility index (Phi) is 6.69. The number of nitrogens with zero attached hydrogens (tertiary/aromatic N) is 2. The van der Waals surface area contributed by atoms with E-state index in [1.54, 1.807) is 18.2 Å². The lowest BCUT2D eigenvalue weighted by Crippen LogP contribution is -2.40. The highest BCUT2D eigenvalue weighted by Crippen LogP contribution is 2.26. The van der Waals surface area contributed by atoms with Gasteiger partial charge in [-0.1, -0.05) is 34.1 Å². The predicted octanol–water partition coefficient (Wildman–Crippen LogP) is 3.47. The number of imide groups is 1. The van der Waals surface area contributed by atoms with Gasteiger partial charge in [0.1, 0.15) is 0 Å². The molecule has 1 unspecified atom stereocenters. The van der Waals surface area contributed by atoms with E-state index in [-0.39, 0.29) is 36.7 Å². The van der Waals surface area contributed by atoms with Crippen molar-refractivity contribution in [3.05, 3.63) is 64.1 Å². The van der Waals surface area contributed by atoms with Crippen LogP contribution in [0, 0.1) is 0 Å². The van der Waals surface area contributed by atoms with E-state index in [9.17, 15) is 14.4 Å². The summed E-state index contributed by atoms with van der Waals surface area (Å²) in [6.45, 7) is 2.80. The molecule has 2 aromatic carbocycles. The minimum absolute atomic E-state index is 0.0855. The maximum atomic E-state index is 12.4. The molecule has 3 amide bonds. The number of anilines is 1. The second-order valence-electron chi connectivity index (χ2n) is 7.15. The molecule has 0 saturated carbocycles. The average Bonchev–Trinajstić information content (AvgIpc) is 2.96. The number of nitrogens with one attached hydrogen (secondary N) is 1. The molecule has 0 radical (unpaired) electrons. The second-order valence-corrected chi connectivity index (χ2v) is 8.07. The highest BCUT2D eigenvalue weighted by molar-refractivity contribution is 9.10. The number of amides is 3. The van der Waals surface area contributed by atoms with E-state index in [2.05, 4.69) is 26.1 Å². The maximum absolute atomic E-state index is 12.4. The van der Waals surface area contributed by atoms with E-state index in [0.29, 0.717) is 24.1 Å². The summed E-state index contributed by atoms with van der Waals surface area (Å²) in [5, 5.41) is 2.93. The van der Waals surface area contributed by atoms with Crippen molar-refractivity contribution in [2.24, 2.45) is 0 Å². The molecule has 7 heteroatoms. The van der Waals surface area contributed by atoms with Crippen molar-refractivity contribution < 1.29 is 14.4 Å². The molecule has 29 heavy (non-hydrogen) atoms. The van der Waals surface area contributed by atoms with Gasteiger partial charge in [-0.25, -0.2) is 0 Å². The lowest BCUT2D eigenvalue weighted by atomic mass is 10.1. The monoisotopic (exact) mass is 457 g/mol. The normalized spacial score (nSPS) is 14.0. The van der Waals surface area contributed by atoms with Crippen LogP contribution in [0.25, 0.3) is 0 Å². The fraction of sp³-hybridized carbons (Fsp3) is 0.318. The molecule has 1 heterocycles. The van der Waals surface area contributed by atoms with Crippen molar-refractivity contribution in [1.29, 1.82) is 0 Å². The first-order valence-corrected chi connectivity index (χ1v) is 10.4. The van der Waals surface area contributed by atoms with E-state index >= 15 is 0 Å². The Labute approximate surface area is 179 Å². The number of carbonyl (C=O) groups excluding carboxylic acids is 3. The van der Waals surface area contributed by atoms with Gasteiger partial charge in [0.05, 0.1) is 11.1 Å². The molecule has 6 nitrogen and oxygen atoms in total. The Morgan fingerprint density at radius 3 is 2.52 bits per heavy atom. The summed E-state index contributed by atoms with van der Waals surface area (Å²) < 4.78 is 0.758. The van der Waals surface area contributed by atoms with E-state index in [0.717, 1.165) is 10.2 Å². The number of hydrogen-bond donors (Lipinski definition) is 1. The minimum atomic E-state index is -0.301. The number of fused-ring (bicyclic) bond motifs is 1. The first-order valence-electron chi connectivity index (χ1n) is 9.59. The van der Waals surface area contributed by atoms with Gasteiger partial charge in [0.25, 0.3) is 11.8 Å². The number of benzene rings is 2. The largest absolute Gasteiger partial charge is 0.370 e. The summed E-state index contributed by atoms with van der Waals surface area (Å²) in [5.74, 6) is -0.682. The lowest BCUT2D eigenvalue weighted by molar-refractivity contribution is -0.121. The molecule has 152 valence electrons. The van der Waals surface area contributed by atoms with Crippen LogP contribution >= 0.6 is 15.9 Å². The molecule has 0 aliphatic carbocycles. The van der Waals surface area contributed by atoms with Gasteiger partial charge >= 0.3 is 0 Å². The first kappa shape index (κ1) is 21.0. The molecule has 2 aromatic rings. The van der Waals surface area contributed by atoms with Gasteiger partial charge in [0, 0.05) is 42.8 Å². The number of likely N-dealkylation sites (N-methyl/N-ethyl adjacent to an activating group) is 1. The van der Waals surface area contributed by atoms with Gasteiger partial charge < -0.3 is 10.2 Å². The highest BCUT2D eigenvalue weighted by Gasteiger charge is 2.35. The van der Waals surface area contributed by atoms with Crippen LogP contribution in [-0.2, 0) is 4.79 Å². The topological polar surface area (TPSA) is 69.7 Å². The molecule has 1 N–H and O–H groups in total. The van der Waals surface area contributed by atoms with Crippen molar-refractivity contribution in [3.63, 3.8) is 0 Å². The maximum Gasteiger partial charge on any atom is 0.261 e. The summed E-state index contributed by atoms with van der Waals surface area (Å²) in [6, 6.07) is 15.2. The fourth-order valence-corrected chi connectivity index (χ4v) is 3.63. The number of rotatable bonds is 8. The van der Waals surface area contributed by atoms with E-state index < -0.39 is 0 Å². The molecule has 0 spiro atoms. The van der Waals surface area contributed by atoms with Gasteiger partial charge in [-0.15, -0.1) is 0 Å². The third-order valence-corrected chi connectivity index (χ3v) is 5.63. The highest BCUT2D eigenvalue weighted by atomic mass is 79.9. The van der Waals surface area contributed by atoms with Crippen LogP contribution in [-0.4, -0.2) is 48.8 Å². The van der Waals surface area contributed by atoms with E-state index in [1.807, 2.05) is 44.3 Å². The van der Waals surface area contributed by atoms with Crippen LogP contribution in [0.15, 0.2) is 53.0 Å². The molecule has 0 aromatic heterocycles. The van der Waals surface area contributed by atoms with Crippen molar-refractivity contribution in [2.45, 2.75) is 25.8 Å². The van der Waals surface area contributed by atoms with Gasteiger partial charge in [-0.05, 0) is 43.7 Å². The zero-order chi connectivity index (χ0) is 21.0. The molecule has 1 aliphatic heterocycles. The van der Waals surface area contributed by atoms with Crippen LogP contribution in [0.4, 0.5) is 5.69 Å². The van der Waals surface area contributed by atoms with Gasteiger partial charge in [-0.3, -0.25) is 19.3 Å². The Balaban J connectivity index is 1.43. The quantitative estimate of drug-likeness (QED) is 0.616. The molecule has 0 fully saturated rings. The minimum Gasteiger partial charge on any atom is -0.370 e. The van der Waals surface area contributed by atoms with Crippen molar-refractivity contribution in [3.8, 4) is 0 Å². The zero-order valence-corrected chi connectivity index (χ0v) is 18.1. The number of para-hydroxylation sites is 1. The number of carbonyl (C=O) groups is 3. The van der Waals surface area contributed by atoms with Crippen molar-refractivity contribution in [1.82, 2.24) is 10.2 Å². The SMILES string of the molecule is CC(CNC(=O)CCCN1C(=O)c2ccc(Br)cc2C1=O)N(C)c1ccccc1. The summed E-state index contributed by atoms with van der Waals surface area (Å²) in [7, 11) is 1.99. The molecular weight excluding hydrogens is 434 g/mol. The van der Waals surface area contributed by atoms with Gasteiger partial charge in [-0.2, -0.15) is 0 Å². The third-order valence-electron chi connectivity index (χ3n) is 5.14. The predicted molar refractivity (Wildman–Crippen MR) is 116 cm³/mol. The van der Waals surface area contributed by atoms with Crippen LogP contribution in [0.3, 0.4) is 0 Å². The third kappa shape index (κ3) is 4.85. The molecule has 0 saturated heterocycles. The Morgan fingerprint density at radius 1 is 1.10 bits per heavy atom. The second kappa shape index (κ2) is 9.22. The number of halogens is 1. The Hall–Kier alpha value is -2.67. The van der Waals surface area contributed by atoms with Gasteiger partial charge in [0.15, 0.2) is 0 Å². The zero-order valence-electron chi connectivity index (χ0n) is 16.5. The summed E-state index contributed by atoms with van der Waals surface area (Å²) in [6.07, 6.45) is 0.695. The molecule has 3 rings (SSSR count). The lowest BCUT2D eigenvalue weighted by Gasteiger charge is -2.27. The average molecular weight is 458 g/mol. The molecule has 0 bridgehead atoms. The van der Waals surface area contributed by atoms with E-state index in [1.165, 1.54) is 4.90 Å². The number of hydrogen-bond acceptors (Lipinski definition) is 4. The van der Waals surface area contributed by atoms with Gasteiger partial charge in [0.2, 0.25) is 5.91 Å². The smallest absolute Gasteiger partial charge is 0.261 e. The standard InChI is InChI=1S/C22H24BrN3O3/c1-15(25(2)17-7-4-3-5-8-17)14-24-20(27)9-6-12-26-21(28)18-11-10-16(23)13-19(18)22(26)29/h3-5,7-8,10-11,13,15H,6,9,12,14H2,1-2H3,(H,24,27). The molecule has 1 atom stereocenters. The summed E-state index contributed by atoms with van der Waals surface area (Å²) in [5.41, 5.74) is 1.92. The van der Waals surface area contributed by atoms with E-state index in [4.69, 9.17) is 0 Å². The van der Waals surface area contributed by atoms with Crippen LogP contribution in [0.1, 0.15) is 40.5 Å². The fourth-order valence-electron chi connectivity index (χ4n) is 3.27.